The lowest BCUT2D eigenvalue weighted by Crippen LogP contribution is -1.92. The monoisotopic (exact) mass is 524 g/mol. The van der Waals surface area contributed by atoms with Gasteiger partial charge in [-0.1, -0.05) is 80.6 Å². The fraction of sp³-hybridized carbons (Fsp3) is 0.111. The number of aliphatic imine (C=N–C) groups is 2. The summed E-state index contributed by atoms with van der Waals surface area (Å²) in [5.74, 6) is 0.501. The van der Waals surface area contributed by atoms with Crippen molar-refractivity contribution in [3.63, 3.8) is 0 Å². The van der Waals surface area contributed by atoms with Crippen LogP contribution in [0.1, 0.15) is 36.1 Å². The molecule has 0 heterocycles. The average molecular weight is 525 g/mol. The minimum absolute atomic E-state index is 0.251. The summed E-state index contributed by atoms with van der Waals surface area (Å²) in [5, 5.41) is 21.7. The molecule has 0 amide bonds. The molecular formula is C36H32N2O2. The number of rotatable bonds is 8. The zero-order valence-corrected chi connectivity index (χ0v) is 22.8. The largest absolute Gasteiger partial charge is 0.507 e. The number of nitrogens with zero attached hydrogens (tertiary/aromatic N) is 2. The molecule has 0 fully saturated rings. The maximum Gasteiger partial charge on any atom is 0.127 e. The van der Waals surface area contributed by atoms with Gasteiger partial charge >= 0.3 is 0 Å². The molecule has 0 aliphatic carbocycles. The molecule has 5 aromatic rings. The normalized spacial score (nSPS) is 11.4. The molecule has 40 heavy (non-hydrogen) atoms. The lowest BCUT2D eigenvalue weighted by Gasteiger charge is -2.10. The molecule has 0 aliphatic rings. The van der Waals surface area contributed by atoms with E-state index in [0.29, 0.717) is 22.5 Å². The molecule has 0 radical (unpaired) electrons. The summed E-state index contributed by atoms with van der Waals surface area (Å²) >= 11 is 0. The van der Waals surface area contributed by atoms with Crippen molar-refractivity contribution in [1.82, 2.24) is 0 Å². The first-order valence-corrected chi connectivity index (χ1v) is 13.6. The van der Waals surface area contributed by atoms with E-state index >= 15 is 0 Å². The standard InChI is InChI=1S/C36H32N2O2/c1-3-25-18-29(27-12-7-5-8-13-27)20-31(35(25)39)23-37-33-16-11-17-34(22-33)38-24-32-21-30(19-26(4-2)36(32)40)28-14-9-6-10-15-28/h5-24,39-40H,3-4H2,1-2H3. The van der Waals surface area contributed by atoms with Crippen LogP contribution in [-0.2, 0) is 12.8 Å². The minimum Gasteiger partial charge on any atom is -0.507 e. The van der Waals surface area contributed by atoms with Gasteiger partial charge in [-0.2, -0.15) is 0 Å². The molecule has 0 aromatic heterocycles. The van der Waals surface area contributed by atoms with Crippen molar-refractivity contribution < 1.29 is 10.2 Å². The molecule has 5 aromatic carbocycles. The molecule has 198 valence electrons. The van der Waals surface area contributed by atoms with E-state index in [1.54, 1.807) is 12.4 Å². The third-order valence-electron chi connectivity index (χ3n) is 6.95. The maximum atomic E-state index is 10.8. The van der Waals surface area contributed by atoms with Crippen LogP contribution < -0.4 is 0 Å². The van der Waals surface area contributed by atoms with E-state index < -0.39 is 0 Å². The highest BCUT2D eigenvalue weighted by atomic mass is 16.3. The summed E-state index contributed by atoms with van der Waals surface area (Å²) < 4.78 is 0. The molecule has 0 unspecified atom stereocenters. The molecular weight excluding hydrogens is 492 g/mol. The van der Waals surface area contributed by atoms with E-state index in [9.17, 15) is 10.2 Å². The second-order valence-electron chi connectivity index (χ2n) is 9.62. The van der Waals surface area contributed by atoms with Crippen LogP contribution >= 0.6 is 0 Å². The van der Waals surface area contributed by atoms with Crippen LogP contribution in [0.2, 0.25) is 0 Å². The summed E-state index contributed by atoms with van der Waals surface area (Å²) in [6.07, 6.45) is 4.84. The Labute approximate surface area is 235 Å². The minimum atomic E-state index is 0.251. The second kappa shape index (κ2) is 12.3. The highest BCUT2D eigenvalue weighted by molar-refractivity contribution is 5.90. The van der Waals surface area contributed by atoms with Gasteiger partial charge in [0.1, 0.15) is 11.5 Å². The van der Waals surface area contributed by atoms with Crippen LogP contribution in [0.15, 0.2) is 119 Å². The number of hydrogen-bond acceptors (Lipinski definition) is 4. The van der Waals surface area contributed by atoms with Crippen molar-refractivity contribution in [2.24, 2.45) is 9.98 Å². The van der Waals surface area contributed by atoms with E-state index in [1.165, 1.54) is 0 Å². The SMILES string of the molecule is CCc1cc(-c2ccccc2)cc(C=Nc2cccc(N=Cc3cc(-c4ccccc4)cc(CC)c3O)c2)c1O. The van der Waals surface area contributed by atoms with Gasteiger partial charge in [0, 0.05) is 23.6 Å². The van der Waals surface area contributed by atoms with Crippen LogP contribution in [0.3, 0.4) is 0 Å². The Morgan fingerprint density at radius 1 is 0.500 bits per heavy atom. The van der Waals surface area contributed by atoms with Crippen LogP contribution in [0.5, 0.6) is 11.5 Å². The molecule has 0 aliphatic heterocycles. The zero-order valence-electron chi connectivity index (χ0n) is 22.8. The maximum absolute atomic E-state index is 10.8. The Morgan fingerprint density at radius 2 is 0.925 bits per heavy atom. The molecule has 0 saturated carbocycles. The van der Waals surface area contributed by atoms with E-state index in [4.69, 9.17) is 0 Å². The van der Waals surface area contributed by atoms with E-state index in [-0.39, 0.29) is 11.5 Å². The van der Waals surface area contributed by atoms with Gasteiger partial charge in [-0.25, -0.2) is 0 Å². The van der Waals surface area contributed by atoms with E-state index in [1.807, 2.05) is 98.8 Å². The number of aromatic hydroxyl groups is 2. The summed E-state index contributed by atoms with van der Waals surface area (Å²) in [7, 11) is 0. The van der Waals surface area contributed by atoms with Crippen molar-refractivity contribution in [2.45, 2.75) is 26.7 Å². The van der Waals surface area contributed by atoms with Gasteiger partial charge in [0.15, 0.2) is 0 Å². The molecule has 0 atom stereocenters. The first kappa shape index (κ1) is 26.6. The van der Waals surface area contributed by atoms with Crippen LogP contribution in [-0.4, -0.2) is 22.6 Å². The fourth-order valence-electron chi connectivity index (χ4n) is 4.71. The van der Waals surface area contributed by atoms with Crippen molar-refractivity contribution in [3.8, 4) is 33.8 Å². The molecule has 0 spiro atoms. The number of phenols is 2. The fourth-order valence-corrected chi connectivity index (χ4v) is 4.71. The number of hydrogen-bond donors (Lipinski definition) is 2. The first-order chi connectivity index (χ1) is 19.6. The number of aryl methyl sites for hydroxylation is 2. The van der Waals surface area contributed by atoms with Crippen molar-refractivity contribution in [3.05, 3.63) is 131 Å². The third kappa shape index (κ3) is 6.02. The lowest BCUT2D eigenvalue weighted by atomic mass is 9.98. The Morgan fingerprint density at radius 3 is 1.32 bits per heavy atom. The molecule has 0 bridgehead atoms. The first-order valence-electron chi connectivity index (χ1n) is 13.6. The summed E-state index contributed by atoms with van der Waals surface area (Å²) in [6, 6.07) is 35.8. The predicted molar refractivity (Wildman–Crippen MR) is 167 cm³/mol. The molecule has 4 heteroatoms. The molecule has 2 N–H and O–H groups in total. The molecule has 0 saturated heterocycles. The van der Waals surface area contributed by atoms with Crippen LogP contribution in [0, 0.1) is 0 Å². The van der Waals surface area contributed by atoms with Gasteiger partial charge in [-0.3, -0.25) is 9.98 Å². The Bertz CT molecular complexity index is 1550. The Hall–Kier alpha value is -4.96. The average Bonchev–Trinajstić information content (AvgIpc) is 3.01. The van der Waals surface area contributed by atoms with Gasteiger partial charge in [0.25, 0.3) is 0 Å². The quantitative estimate of drug-likeness (QED) is 0.199. The van der Waals surface area contributed by atoms with Crippen molar-refractivity contribution in [1.29, 1.82) is 0 Å². The highest BCUT2D eigenvalue weighted by Gasteiger charge is 2.10. The summed E-state index contributed by atoms with van der Waals surface area (Å²) in [4.78, 5) is 9.31. The third-order valence-corrected chi connectivity index (χ3v) is 6.95. The zero-order chi connectivity index (χ0) is 27.9. The highest BCUT2D eigenvalue weighted by Crippen LogP contribution is 2.32. The van der Waals surface area contributed by atoms with Gasteiger partial charge in [-0.15, -0.1) is 0 Å². The van der Waals surface area contributed by atoms with Crippen LogP contribution in [0.4, 0.5) is 11.4 Å². The number of benzene rings is 5. The van der Waals surface area contributed by atoms with Gasteiger partial charge in [0.2, 0.25) is 0 Å². The molecule has 5 rings (SSSR count). The predicted octanol–water partition coefficient (Wildman–Crippen LogP) is 9.06. The lowest BCUT2D eigenvalue weighted by molar-refractivity contribution is 0.467. The Kier molecular flexibility index (Phi) is 8.17. The van der Waals surface area contributed by atoms with Gasteiger partial charge in [0.05, 0.1) is 11.4 Å². The van der Waals surface area contributed by atoms with E-state index in [0.717, 1.165) is 46.2 Å². The van der Waals surface area contributed by atoms with Crippen LogP contribution in [0.25, 0.3) is 22.3 Å². The second-order valence-corrected chi connectivity index (χ2v) is 9.62. The Balaban J connectivity index is 1.43. The summed E-state index contributed by atoms with van der Waals surface area (Å²) in [5.41, 5.74) is 8.79. The van der Waals surface area contributed by atoms with Crippen molar-refractivity contribution in [2.75, 3.05) is 0 Å². The van der Waals surface area contributed by atoms with Gasteiger partial charge in [-0.05, 0) is 88.7 Å². The smallest absolute Gasteiger partial charge is 0.127 e. The van der Waals surface area contributed by atoms with E-state index in [2.05, 4.69) is 34.3 Å². The summed E-state index contributed by atoms with van der Waals surface area (Å²) in [6.45, 7) is 4.06. The van der Waals surface area contributed by atoms with Gasteiger partial charge < -0.3 is 10.2 Å². The number of phenolic OH excluding ortho intramolecular Hbond substituents is 2. The topological polar surface area (TPSA) is 65.2 Å². The molecule has 4 nitrogen and oxygen atoms in total. The van der Waals surface area contributed by atoms with Crippen molar-refractivity contribution >= 4 is 23.8 Å².